The van der Waals surface area contributed by atoms with Gasteiger partial charge >= 0.3 is 0 Å². The van der Waals surface area contributed by atoms with E-state index in [9.17, 15) is 5.11 Å². The fourth-order valence-electron chi connectivity index (χ4n) is 1.23. The van der Waals surface area contributed by atoms with Crippen molar-refractivity contribution in [1.82, 2.24) is 0 Å². The van der Waals surface area contributed by atoms with E-state index in [0.717, 1.165) is 5.57 Å². The van der Waals surface area contributed by atoms with Crippen LogP contribution in [0.25, 0.3) is 0 Å². The first-order valence-corrected chi connectivity index (χ1v) is 3.88. The number of hydrogen-bond acceptors (Lipinski definition) is 3. The molecule has 0 radical (unpaired) electrons. The minimum absolute atomic E-state index is 0.618. The van der Waals surface area contributed by atoms with E-state index in [0.29, 0.717) is 0 Å². The summed E-state index contributed by atoms with van der Waals surface area (Å²) in [7, 11) is 3.00. The summed E-state index contributed by atoms with van der Waals surface area (Å²) in [6.45, 7) is 5.48. The summed E-state index contributed by atoms with van der Waals surface area (Å²) >= 11 is 0. The molecule has 1 N–H and O–H groups in total. The lowest BCUT2D eigenvalue weighted by atomic mass is 10.0. The monoisotopic (exact) mass is 174 g/mol. The van der Waals surface area contributed by atoms with Crippen molar-refractivity contribution in [2.24, 2.45) is 0 Å². The molecule has 0 aromatic rings. The van der Waals surface area contributed by atoms with Crippen LogP contribution in [0.5, 0.6) is 0 Å². The minimum Gasteiger partial charge on any atom is -0.381 e. The predicted molar refractivity (Wildman–Crippen MR) is 47.9 cm³/mol. The summed E-state index contributed by atoms with van der Waals surface area (Å²) in [6, 6.07) is 0. The first-order chi connectivity index (χ1) is 5.44. The molecule has 0 rings (SSSR count). The van der Waals surface area contributed by atoms with E-state index in [2.05, 4.69) is 0 Å². The van der Waals surface area contributed by atoms with Crippen molar-refractivity contribution < 1.29 is 14.6 Å². The maximum absolute atomic E-state index is 9.82. The second kappa shape index (κ2) is 4.60. The van der Waals surface area contributed by atoms with Gasteiger partial charge in [-0.15, -0.1) is 0 Å². The highest BCUT2D eigenvalue weighted by Crippen LogP contribution is 2.17. The van der Waals surface area contributed by atoms with Crippen LogP contribution in [0.4, 0.5) is 0 Å². The van der Waals surface area contributed by atoms with Crippen LogP contribution in [-0.2, 0) is 9.47 Å². The Balaban J connectivity index is 4.46. The van der Waals surface area contributed by atoms with Gasteiger partial charge in [0.2, 0.25) is 0 Å². The molecule has 72 valence electrons. The third kappa shape index (κ3) is 3.34. The summed E-state index contributed by atoms with van der Waals surface area (Å²) < 4.78 is 9.90. The second-order valence-corrected chi connectivity index (χ2v) is 3.25. The van der Waals surface area contributed by atoms with E-state index in [1.54, 1.807) is 13.0 Å². The maximum Gasteiger partial charge on any atom is 0.189 e. The van der Waals surface area contributed by atoms with Crippen molar-refractivity contribution in [2.75, 3.05) is 14.2 Å². The number of methoxy groups -OCH3 is 2. The molecule has 0 bridgehead atoms. The molecule has 0 fully saturated rings. The molecule has 0 heterocycles. The Morgan fingerprint density at radius 3 is 2.00 bits per heavy atom. The van der Waals surface area contributed by atoms with Crippen LogP contribution in [0.2, 0.25) is 0 Å². The fraction of sp³-hybridized carbons (Fsp3) is 0.778. The van der Waals surface area contributed by atoms with E-state index in [1.807, 2.05) is 13.8 Å². The number of allylic oxidation sites excluding steroid dienone is 1. The van der Waals surface area contributed by atoms with Crippen molar-refractivity contribution in [1.29, 1.82) is 0 Å². The van der Waals surface area contributed by atoms with Crippen LogP contribution in [0.1, 0.15) is 20.8 Å². The molecule has 1 unspecified atom stereocenters. The highest BCUT2D eigenvalue weighted by molar-refractivity contribution is 5.06. The van der Waals surface area contributed by atoms with Crippen LogP contribution in [0, 0.1) is 0 Å². The number of hydrogen-bond donors (Lipinski definition) is 1. The van der Waals surface area contributed by atoms with Crippen LogP contribution in [-0.4, -0.2) is 31.2 Å². The van der Waals surface area contributed by atoms with Gasteiger partial charge in [-0.3, -0.25) is 0 Å². The standard InChI is InChI=1S/C9H18O3/c1-7(2)6-9(3,10)8(11-4)12-5/h6,8,10H,1-5H3. The lowest BCUT2D eigenvalue weighted by Crippen LogP contribution is -2.40. The first kappa shape index (κ1) is 11.6. The summed E-state index contributed by atoms with van der Waals surface area (Å²) in [4.78, 5) is 0. The zero-order valence-electron chi connectivity index (χ0n) is 8.42. The molecule has 12 heavy (non-hydrogen) atoms. The number of rotatable bonds is 4. The van der Waals surface area contributed by atoms with E-state index in [1.165, 1.54) is 14.2 Å². The third-order valence-electron chi connectivity index (χ3n) is 1.49. The maximum atomic E-state index is 9.82. The summed E-state index contributed by atoms with van der Waals surface area (Å²) in [6.07, 6.45) is 1.09. The predicted octanol–water partition coefficient (Wildman–Crippen LogP) is 1.32. The fourth-order valence-corrected chi connectivity index (χ4v) is 1.23. The van der Waals surface area contributed by atoms with Gasteiger partial charge in [-0.25, -0.2) is 0 Å². The Labute approximate surface area is 74.0 Å². The van der Waals surface area contributed by atoms with Gasteiger partial charge in [0.15, 0.2) is 6.29 Å². The summed E-state index contributed by atoms with van der Waals surface area (Å²) in [5.41, 5.74) is -0.0402. The highest BCUT2D eigenvalue weighted by atomic mass is 16.7. The molecule has 0 saturated heterocycles. The molecule has 0 aromatic carbocycles. The van der Waals surface area contributed by atoms with Gasteiger partial charge in [0, 0.05) is 14.2 Å². The van der Waals surface area contributed by atoms with Gasteiger partial charge in [0.1, 0.15) is 5.60 Å². The van der Waals surface area contributed by atoms with Crippen molar-refractivity contribution >= 4 is 0 Å². The highest BCUT2D eigenvalue weighted by Gasteiger charge is 2.29. The molecule has 0 amide bonds. The summed E-state index contributed by atoms with van der Waals surface area (Å²) in [5.74, 6) is 0. The Bertz CT molecular complexity index is 153. The van der Waals surface area contributed by atoms with Gasteiger partial charge in [0.05, 0.1) is 0 Å². The molecular formula is C9H18O3. The van der Waals surface area contributed by atoms with Crippen molar-refractivity contribution in [3.63, 3.8) is 0 Å². The molecule has 1 atom stereocenters. The van der Waals surface area contributed by atoms with Gasteiger partial charge in [0.25, 0.3) is 0 Å². The lowest BCUT2D eigenvalue weighted by molar-refractivity contribution is -0.189. The molecule has 0 aliphatic carbocycles. The Hall–Kier alpha value is -0.380. The second-order valence-electron chi connectivity index (χ2n) is 3.25. The van der Waals surface area contributed by atoms with Gasteiger partial charge in [-0.05, 0) is 26.8 Å². The normalized spacial score (nSPS) is 15.9. The average molecular weight is 174 g/mol. The number of ether oxygens (including phenoxy) is 2. The number of aliphatic hydroxyl groups is 1. The van der Waals surface area contributed by atoms with Crippen LogP contribution < -0.4 is 0 Å². The van der Waals surface area contributed by atoms with E-state index >= 15 is 0 Å². The molecule has 0 aliphatic rings. The largest absolute Gasteiger partial charge is 0.381 e. The SMILES string of the molecule is COC(OC)C(C)(O)C=C(C)C. The van der Waals surface area contributed by atoms with Crippen LogP contribution in [0.15, 0.2) is 11.6 Å². The average Bonchev–Trinajstić information content (AvgIpc) is 1.85. The molecule has 0 aliphatic heterocycles. The molecule has 0 aromatic heterocycles. The smallest absolute Gasteiger partial charge is 0.189 e. The topological polar surface area (TPSA) is 38.7 Å². The minimum atomic E-state index is -1.07. The quantitative estimate of drug-likeness (QED) is 0.516. The molecular weight excluding hydrogens is 156 g/mol. The third-order valence-corrected chi connectivity index (χ3v) is 1.49. The van der Waals surface area contributed by atoms with Crippen molar-refractivity contribution in [3.8, 4) is 0 Å². The zero-order valence-corrected chi connectivity index (χ0v) is 8.42. The first-order valence-electron chi connectivity index (χ1n) is 3.88. The molecule has 0 saturated carbocycles. The van der Waals surface area contributed by atoms with Crippen LogP contribution >= 0.6 is 0 Å². The van der Waals surface area contributed by atoms with Gasteiger partial charge in [-0.2, -0.15) is 0 Å². The van der Waals surface area contributed by atoms with Gasteiger partial charge in [-0.1, -0.05) is 5.57 Å². The molecule has 0 spiro atoms. The van der Waals surface area contributed by atoms with Crippen LogP contribution in [0.3, 0.4) is 0 Å². The van der Waals surface area contributed by atoms with E-state index < -0.39 is 11.9 Å². The Morgan fingerprint density at radius 1 is 1.33 bits per heavy atom. The van der Waals surface area contributed by atoms with E-state index in [-0.39, 0.29) is 0 Å². The van der Waals surface area contributed by atoms with Crippen molar-refractivity contribution in [3.05, 3.63) is 11.6 Å². The zero-order chi connectivity index (χ0) is 9.78. The van der Waals surface area contributed by atoms with Crippen molar-refractivity contribution in [2.45, 2.75) is 32.7 Å². The molecule has 3 heteroatoms. The Morgan fingerprint density at radius 2 is 1.75 bits per heavy atom. The Kier molecular flexibility index (Phi) is 4.45. The lowest BCUT2D eigenvalue weighted by Gasteiger charge is -2.27. The van der Waals surface area contributed by atoms with E-state index in [4.69, 9.17) is 9.47 Å². The van der Waals surface area contributed by atoms with Gasteiger partial charge < -0.3 is 14.6 Å². The molecule has 3 nitrogen and oxygen atoms in total. The summed E-state index contributed by atoms with van der Waals surface area (Å²) in [5, 5.41) is 9.82.